The molecule has 0 radical (unpaired) electrons. The number of hydrogen-bond acceptors (Lipinski definition) is 1. The van der Waals surface area contributed by atoms with E-state index >= 15 is 0 Å². The predicted octanol–water partition coefficient (Wildman–Crippen LogP) is 3.32. The second-order valence-electron chi connectivity index (χ2n) is 4.06. The van der Waals surface area contributed by atoms with Crippen LogP contribution in [0.5, 0.6) is 0 Å². The molecule has 0 heterocycles. The molecule has 0 bridgehead atoms. The largest absolute Gasteiger partial charge is 0.320 e. The normalized spacial score (nSPS) is 12.5. The van der Waals surface area contributed by atoms with Crippen LogP contribution in [0.3, 0.4) is 0 Å². The molecule has 0 unspecified atom stereocenters. The van der Waals surface area contributed by atoms with Gasteiger partial charge in [-0.25, -0.2) is 8.78 Å². The lowest BCUT2D eigenvalue weighted by Gasteiger charge is -2.13. The quantitative estimate of drug-likeness (QED) is 0.846. The Morgan fingerprint density at radius 3 is 2.06 bits per heavy atom. The Hall–Kier alpha value is -1.74. The van der Waals surface area contributed by atoms with Crippen LogP contribution in [0.15, 0.2) is 42.5 Å². The van der Waals surface area contributed by atoms with Crippen LogP contribution in [-0.4, -0.2) is 0 Å². The van der Waals surface area contributed by atoms with Gasteiger partial charge in [0.05, 0.1) is 6.04 Å². The van der Waals surface area contributed by atoms with E-state index < -0.39 is 17.7 Å². The highest BCUT2D eigenvalue weighted by molar-refractivity contribution is 5.33. The van der Waals surface area contributed by atoms with Crippen LogP contribution in [0, 0.1) is 18.6 Å². The molecule has 0 aliphatic carbocycles. The SMILES string of the molecule is Cc1ccc([C@@H](N)c2ccc(F)c(F)c2)cc1. The molecule has 0 saturated carbocycles. The standard InChI is InChI=1S/C14H13F2N/c1-9-2-4-10(5-3-9)14(17)11-6-7-12(15)13(16)8-11/h2-8,14H,17H2,1H3/t14-/m1/s1. The summed E-state index contributed by atoms with van der Waals surface area (Å²) in [6, 6.07) is 11.0. The summed E-state index contributed by atoms with van der Waals surface area (Å²) in [6.45, 7) is 1.98. The van der Waals surface area contributed by atoms with Gasteiger partial charge in [-0.2, -0.15) is 0 Å². The predicted molar refractivity (Wildman–Crippen MR) is 63.6 cm³/mol. The highest BCUT2D eigenvalue weighted by atomic mass is 19.2. The highest BCUT2D eigenvalue weighted by Gasteiger charge is 2.11. The maximum absolute atomic E-state index is 13.1. The third-order valence-electron chi connectivity index (χ3n) is 2.74. The van der Waals surface area contributed by atoms with Crippen LogP contribution in [-0.2, 0) is 0 Å². The zero-order valence-corrected chi connectivity index (χ0v) is 9.45. The van der Waals surface area contributed by atoms with Gasteiger partial charge in [0.2, 0.25) is 0 Å². The third-order valence-corrected chi connectivity index (χ3v) is 2.74. The summed E-state index contributed by atoms with van der Waals surface area (Å²) < 4.78 is 25.9. The molecule has 1 atom stereocenters. The van der Waals surface area contributed by atoms with Crippen molar-refractivity contribution in [3.05, 3.63) is 70.8 Å². The Morgan fingerprint density at radius 2 is 1.47 bits per heavy atom. The number of benzene rings is 2. The van der Waals surface area contributed by atoms with Crippen molar-refractivity contribution >= 4 is 0 Å². The Bertz CT molecular complexity index is 520. The summed E-state index contributed by atoms with van der Waals surface area (Å²) in [7, 11) is 0. The maximum Gasteiger partial charge on any atom is 0.159 e. The van der Waals surface area contributed by atoms with E-state index in [9.17, 15) is 8.78 Å². The van der Waals surface area contributed by atoms with E-state index in [1.54, 1.807) is 0 Å². The lowest BCUT2D eigenvalue weighted by atomic mass is 9.99. The fourth-order valence-electron chi connectivity index (χ4n) is 1.67. The number of rotatable bonds is 2. The fourth-order valence-corrected chi connectivity index (χ4v) is 1.67. The minimum absolute atomic E-state index is 0.439. The lowest BCUT2D eigenvalue weighted by Crippen LogP contribution is -2.12. The molecule has 2 N–H and O–H groups in total. The smallest absolute Gasteiger partial charge is 0.159 e. The molecule has 0 aromatic heterocycles. The van der Waals surface area contributed by atoms with Crippen LogP contribution < -0.4 is 5.73 Å². The van der Waals surface area contributed by atoms with Gasteiger partial charge in [-0.05, 0) is 30.2 Å². The van der Waals surface area contributed by atoms with Gasteiger partial charge in [-0.1, -0.05) is 35.9 Å². The van der Waals surface area contributed by atoms with Crippen LogP contribution in [0.2, 0.25) is 0 Å². The van der Waals surface area contributed by atoms with Crippen LogP contribution >= 0.6 is 0 Å². The third kappa shape index (κ3) is 2.50. The summed E-state index contributed by atoms with van der Waals surface area (Å²) in [5.41, 5.74) is 8.57. The Kier molecular flexibility index (Phi) is 3.20. The number of aryl methyl sites for hydroxylation is 1. The van der Waals surface area contributed by atoms with E-state index in [0.717, 1.165) is 23.3 Å². The first-order chi connectivity index (χ1) is 8.08. The van der Waals surface area contributed by atoms with Gasteiger partial charge in [-0.3, -0.25) is 0 Å². The van der Waals surface area contributed by atoms with Gasteiger partial charge in [-0.15, -0.1) is 0 Å². The zero-order chi connectivity index (χ0) is 12.4. The van der Waals surface area contributed by atoms with Crippen molar-refractivity contribution in [1.82, 2.24) is 0 Å². The first-order valence-corrected chi connectivity index (χ1v) is 5.35. The minimum Gasteiger partial charge on any atom is -0.320 e. The van der Waals surface area contributed by atoms with Gasteiger partial charge in [0, 0.05) is 0 Å². The van der Waals surface area contributed by atoms with Crippen molar-refractivity contribution in [2.75, 3.05) is 0 Å². The van der Waals surface area contributed by atoms with Gasteiger partial charge in [0.15, 0.2) is 11.6 Å². The van der Waals surface area contributed by atoms with E-state index in [1.165, 1.54) is 6.07 Å². The van der Waals surface area contributed by atoms with E-state index in [-0.39, 0.29) is 0 Å². The highest BCUT2D eigenvalue weighted by Crippen LogP contribution is 2.21. The molecule has 0 aliphatic rings. The molecule has 2 rings (SSSR count). The fraction of sp³-hybridized carbons (Fsp3) is 0.143. The number of nitrogens with two attached hydrogens (primary N) is 1. The number of halogens is 2. The Balaban J connectivity index is 2.33. The molecule has 0 spiro atoms. The summed E-state index contributed by atoms with van der Waals surface area (Å²) in [6.07, 6.45) is 0. The molecule has 1 nitrogen and oxygen atoms in total. The topological polar surface area (TPSA) is 26.0 Å². The molecule has 2 aromatic carbocycles. The first-order valence-electron chi connectivity index (χ1n) is 5.35. The molecule has 2 aromatic rings. The maximum atomic E-state index is 13.1. The number of hydrogen-bond donors (Lipinski definition) is 1. The van der Waals surface area contributed by atoms with Crippen molar-refractivity contribution in [2.45, 2.75) is 13.0 Å². The summed E-state index contributed by atoms with van der Waals surface area (Å²) in [5.74, 6) is -1.73. The Labute approximate surface area is 98.9 Å². The molecular weight excluding hydrogens is 220 g/mol. The van der Waals surface area contributed by atoms with Crippen molar-refractivity contribution < 1.29 is 8.78 Å². The van der Waals surface area contributed by atoms with Crippen LogP contribution in [0.1, 0.15) is 22.7 Å². The second-order valence-corrected chi connectivity index (χ2v) is 4.06. The van der Waals surface area contributed by atoms with Gasteiger partial charge < -0.3 is 5.73 Å². The van der Waals surface area contributed by atoms with Crippen LogP contribution in [0.4, 0.5) is 8.78 Å². The summed E-state index contributed by atoms with van der Waals surface area (Å²) in [4.78, 5) is 0. The lowest BCUT2D eigenvalue weighted by molar-refractivity contribution is 0.506. The molecule has 0 amide bonds. The van der Waals surface area contributed by atoms with Crippen LogP contribution in [0.25, 0.3) is 0 Å². The molecule has 0 fully saturated rings. The first kappa shape index (κ1) is 11.7. The second kappa shape index (κ2) is 4.63. The minimum atomic E-state index is -0.870. The average Bonchev–Trinajstić information content (AvgIpc) is 2.33. The van der Waals surface area contributed by atoms with E-state index in [2.05, 4.69) is 0 Å². The average molecular weight is 233 g/mol. The monoisotopic (exact) mass is 233 g/mol. The van der Waals surface area contributed by atoms with E-state index in [0.29, 0.717) is 5.56 Å². The van der Waals surface area contributed by atoms with Crippen molar-refractivity contribution in [3.8, 4) is 0 Å². The van der Waals surface area contributed by atoms with Crippen molar-refractivity contribution in [1.29, 1.82) is 0 Å². The molecule has 3 heteroatoms. The van der Waals surface area contributed by atoms with Gasteiger partial charge in [0.25, 0.3) is 0 Å². The van der Waals surface area contributed by atoms with Gasteiger partial charge in [0.1, 0.15) is 0 Å². The molecule has 0 saturated heterocycles. The molecule has 0 aliphatic heterocycles. The van der Waals surface area contributed by atoms with Crippen molar-refractivity contribution in [2.24, 2.45) is 5.73 Å². The van der Waals surface area contributed by atoms with Gasteiger partial charge >= 0.3 is 0 Å². The van der Waals surface area contributed by atoms with Crippen molar-refractivity contribution in [3.63, 3.8) is 0 Å². The summed E-state index contributed by atoms with van der Waals surface area (Å²) in [5, 5.41) is 0. The molecule has 17 heavy (non-hydrogen) atoms. The molecule has 88 valence electrons. The van der Waals surface area contributed by atoms with E-state index in [4.69, 9.17) is 5.73 Å². The zero-order valence-electron chi connectivity index (χ0n) is 9.45. The van der Waals surface area contributed by atoms with E-state index in [1.807, 2.05) is 31.2 Å². The Morgan fingerprint density at radius 1 is 0.882 bits per heavy atom. The molecular formula is C14H13F2N. The summed E-state index contributed by atoms with van der Waals surface area (Å²) >= 11 is 0.